The van der Waals surface area contributed by atoms with Crippen LogP contribution >= 0.6 is 0 Å². The number of hydrogen-bond donors (Lipinski definition) is 0. The van der Waals surface area contributed by atoms with Crippen molar-refractivity contribution in [3.8, 4) is 0 Å². The summed E-state index contributed by atoms with van der Waals surface area (Å²) in [7, 11) is 0. The van der Waals surface area contributed by atoms with Crippen molar-refractivity contribution in [1.82, 2.24) is 4.90 Å². The third-order valence-electron chi connectivity index (χ3n) is 2.23. The monoisotopic (exact) mass is 213 g/mol. The molecule has 1 aliphatic heterocycles. The molecule has 0 unspecified atom stereocenters. The Morgan fingerprint density at radius 3 is 2.57 bits per heavy atom. The number of benzene rings is 1. The van der Waals surface area contributed by atoms with Crippen molar-refractivity contribution in [2.75, 3.05) is 6.54 Å². The standard InChI is InChI=1S/C11H12NO.K/c13-11(12-8-4-5-9-12)10-6-2-1-3-7-10;/h1-3,6-8H,4-5,9H2;/q-1;+1. The number of likely N-dealkylation sites (tertiary alicyclic amines) is 1. The molecule has 1 saturated heterocycles. The van der Waals surface area contributed by atoms with E-state index in [4.69, 9.17) is 0 Å². The second-order valence-corrected chi connectivity index (χ2v) is 3.19. The molecule has 2 rings (SSSR count). The molecule has 0 atom stereocenters. The van der Waals surface area contributed by atoms with Gasteiger partial charge in [-0.2, -0.15) is 6.42 Å². The normalized spacial score (nSPS) is 15.0. The molecule has 0 saturated carbocycles. The largest absolute Gasteiger partial charge is 1.00 e. The van der Waals surface area contributed by atoms with E-state index in [1.54, 1.807) is 4.90 Å². The van der Waals surface area contributed by atoms with Gasteiger partial charge in [-0.1, -0.05) is 24.6 Å². The van der Waals surface area contributed by atoms with Gasteiger partial charge in [0, 0.05) is 5.56 Å². The van der Waals surface area contributed by atoms with E-state index in [1.807, 2.05) is 36.9 Å². The fraction of sp³-hybridized carbons (Fsp3) is 0.273. The number of carbonyl (C=O) groups is 1. The van der Waals surface area contributed by atoms with Gasteiger partial charge in [0.25, 0.3) is 0 Å². The summed E-state index contributed by atoms with van der Waals surface area (Å²) in [5, 5.41) is 0. The molecule has 3 heteroatoms. The third-order valence-corrected chi connectivity index (χ3v) is 2.23. The molecule has 0 aliphatic carbocycles. The van der Waals surface area contributed by atoms with Crippen LogP contribution in [0.3, 0.4) is 0 Å². The van der Waals surface area contributed by atoms with Crippen molar-refractivity contribution in [3.05, 3.63) is 42.4 Å². The molecule has 2 nitrogen and oxygen atoms in total. The average molecular weight is 213 g/mol. The van der Waals surface area contributed by atoms with Crippen LogP contribution in [0.2, 0.25) is 0 Å². The summed E-state index contributed by atoms with van der Waals surface area (Å²) in [5.41, 5.74) is 0.778. The molecule has 0 N–H and O–H groups in total. The first-order valence-corrected chi connectivity index (χ1v) is 4.57. The van der Waals surface area contributed by atoms with Crippen molar-refractivity contribution in [3.63, 3.8) is 0 Å². The minimum atomic E-state index is 0. The van der Waals surface area contributed by atoms with Crippen molar-refractivity contribution in [1.29, 1.82) is 0 Å². The van der Waals surface area contributed by atoms with Gasteiger partial charge in [0.05, 0.1) is 0 Å². The summed E-state index contributed by atoms with van der Waals surface area (Å²) in [6.07, 6.45) is 2.12. The van der Waals surface area contributed by atoms with E-state index in [0.717, 1.165) is 24.9 Å². The van der Waals surface area contributed by atoms with E-state index < -0.39 is 0 Å². The quantitative estimate of drug-likeness (QED) is 0.437. The van der Waals surface area contributed by atoms with Crippen molar-refractivity contribution >= 4 is 5.91 Å². The molecule has 1 amide bonds. The first-order chi connectivity index (χ1) is 6.38. The van der Waals surface area contributed by atoms with Crippen LogP contribution in [0.4, 0.5) is 0 Å². The predicted octanol–water partition coefficient (Wildman–Crippen LogP) is -0.912. The van der Waals surface area contributed by atoms with Crippen LogP contribution < -0.4 is 51.4 Å². The van der Waals surface area contributed by atoms with Gasteiger partial charge in [-0.15, -0.1) is 0 Å². The first kappa shape index (κ1) is 12.4. The Balaban J connectivity index is 0.000000980. The summed E-state index contributed by atoms with van der Waals surface area (Å²) in [6, 6.07) is 9.42. The minimum Gasteiger partial charge on any atom is -0.489 e. The summed E-state index contributed by atoms with van der Waals surface area (Å²) in [5.74, 6) is 0.123. The van der Waals surface area contributed by atoms with Gasteiger partial charge in [-0.25, -0.2) is 6.54 Å². The maximum absolute atomic E-state index is 11.7. The Morgan fingerprint density at radius 2 is 2.00 bits per heavy atom. The summed E-state index contributed by atoms with van der Waals surface area (Å²) >= 11 is 0. The Hall–Kier alpha value is 0.326. The molecule has 0 radical (unpaired) electrons. The minimum absolute atomic E-state index is 0. The zero-order chi connectivity index (χ0) is 9.10. The molecule has 0 aromatic heterocycles. The molecule has 1 heterocycles. The summed E-state index contributed by atoms with van der Waals surface area (Å²) in [4.78, 5) is 13.5. The maximum Gasteiger partial charge on any atom is 1.00 e. The fourth-order valence-corrected chi connectivity index (χ4v) is 1.53. The molecule has 1 fully saturated rings. The Morgan fingerprint density at radius 1 is 1.29 bits per heavy atom. The smallest absolute Gasteiger partial charge is 0.489 e. The van der Waals surface area contributed by atoms with Crippen LogP contribution in [0.1, 0.15) is 23.2 Å². The Labute approximate surface area is 127 Å². The second kappa shape index (κ2) is 6.03. The van der Waals surface area contributed by atoms with E-state index in [9.17, 15) is 4.79 Å². The number of hydrogen-bond acceptors (Lipinski definition) is 1. The van der Waals surface area contributed by atoms with Crippen LogP contribution in [-0.2, 0) is 0 Å². The van der Waals surface area contributed by atoms with Crippen LogP contribution in [0.5, 0.6) is 0 Å². The molecular weight excluding hydrogens is 201 g/mol. The number of rotatable bonds is 1. The predicted molar refractivity (Wildman–Crippen MR) is 51.0 cm³/mol. The Bertz CT molecular complexity index is 293. The van der Waals surface area contributed by atoms with Crippen LogP contribution in [-0.4, -0.2) is 17.4 Å². The molecule has 1 aromatic carbocycles. The zero-order valence-electron chi connectivity index (χ0n) is 8.44. The van der Waals surface area contributed by atoms with E-state index >= 15 is 0 Å². The average Bonchev–Trinajstić information content (AvgIpc) is 2.71. The van der Waals surface area contributed by atoms with Gasteiger partial charge in [-0.3, -0.25) is 4.79 Å². The second-order valence-electron chi connectivity index (χ2n) is 3.19. The number of amides is 1. The van der Waals surface area contributed by atoms with Crippen molar-refractivity contribution < 1.29 is 56.2 Å². The van der Waals surface area contributed by atoms with Crippen LogP contribution in [0.25, 0.3) is 0 Å². The molecule has 0 spiro atoms. The van der Waals surface area contributed by atoms with Gasteiger partial charge in [0.2, 0.25) is 5.91 Å². The SMILES string of the molecule is O=C(c1ccccc1)N1[CH-]CCC1.[K+]. The fourth-order valence-electron chi connectivity index (χ4n) is 1.53. The van der Waals surface area contributed by atoms with E-state index in [-0.39, 0.29) is 57.3 Å². The maximum atomic E-state index is 11.7. The Kier molecular flexibility index (Phi) is 5.34. The topological polar surface area (TPSA) is 20.3 Å². The molecule has 68 valence electrons. The van der Waals surface area contributed by atoms with Crippen molar-refractivity contribution in [2.24, 2.45) is 0 Å². The van der Waals surface area contributed by atoms with Crippen molar-refractivity contribution in [2.45, 2.75) is 12.8 Å². The van der Waals surface area contributed by atoms with Gasteiger partial charge in [0.1, 0.15) is 0 Å². The molecule has 14 heavy (non-hydrogen) atoms. The molecule has 1 aliphatic rings. The van der Waals surface area contributed by atoms with E-state index in [0.29, 0.717) is 0 Å². The summed E-state index contributed by atoms with van der Waals surface area (Å²) in [6.45, 7) is 2.85. The van der Waals surface area contributed by atoms with Gasteiger partial charge in [0.15, 0.2) is 0 Å². The first-order valence-electron chi connectivity index (χ1n) is 4.57. The van der Waals surface area contributed by atoms with Gasteiger partial charge >= 0.3 is 51.4 Å². The van der Waals surface area contributed by atoms with E-state index in [2.05, 4.69) is 0 Å². The number of carbonyl (C=O) groups excluding carboxylic acids is 1. The molecule has 1 aromatic rings. The molecule has 0 bridgehead atoms. The van der Waals surface area contributed by atoms with E-state index in [1.165, 1.54) is 0 Å². The van der Waals surface area contributed by atoms with Crippen LogP contribution in [0, 0.1) is 6.54 Å². The summed E-state index contributed by atoms with van der Waals surface area (Å²) < 4.78 is 0. The van der Waals surface area contributed by atoms with Crippen LogP contribution in [0.15, 0.2) is 30.3 Å². The van der Waals surface area contributed by atoms with Gasteiger partial charge in [-0.05, 0) is 18.7 Å². The third kappa shape index (κ3) is 2.91. The molecular formula is C11H12KNO. The van der Waals surface area contributed by atoms with Gasteiger partial charge < -0.3 is 4.90 Å². The zero-order valence-corrected chi connectivity index (χ0v) is 11.6. The number of nitrogens with zero attached hydrogens (tertiary/aromatic N) is 1.